The highest BCUT2D eigenvalue weighted by atomic mass is 16.8. The van der Waals surface area contributed by atoms with Crippen LogP contribution in [0.1, 0.15) is 52.4 Å². The van der Waals surface area contributed by atoms with Crippen LogP contribution in [0.2, 0.25) is 0 Å². The van der Waals surface area contributed by atoms with Gasteiger partial charge in [0, 0.05) is 0 Å². The van der Waals surface area contributed by atoms with Crippen LogP contribution in [0.5, 0.6) is 0 Å². The molecule has 2 heterocycles. The van der Waals surface area contributed by atoms with Gasteiger partial charge in [-0.05, 0) is 55.8 Å². The number of ether oxygens (including phenoxy) is 4. The van der Waals surface area contributed by atoms with Crippen LogP contribution in [0, 0.1) is 29.6 Å². The van der Waals surface area contributed by atoms with E-state index in [0.717, 1.165) is 18.3 Å². The quantitative estimate of drug-likeness (QED) is 0.111. The molecule has 13 nitrogen and oxygen atoms in total. The molecule has 13 heteroatoms. The highest BCUT2D eigenvalue weighted by Gasteiger charge is 2.50. The SMILES string of the molecule is CC[C@@H]1C[C@@H]1C[C@@H]1C[C@@H]1C[C@@H](O)[C@@H](CC)C(=O)OCC1OC(OC2OC(CO)C(O)C(O)C2O)C(O)C(O)C1O. The number of aliphatic hydroxyl groups is 8. The lowest BCUT2D eigenvalue weighted by molar-refractivity contribution is -0.376. The molecule has 0 aromatic rings. The summed E-state index contributed by atoms with van der Waals surface area (Å²) in [5, 5.41) is 81.3. The van der Waals surface area contributed by atoms with Crippen molar-refractivity contribution in [2.45, 2.75) is 120 Å². The first-order chi connectivity index (χ1) is 19.0. The molecule has 2 aliphatic carbocycles. The lowest BCUT2D eigenvalue weighted by atomic mass is 9.94. The molecule has 0 bridgehead atoms. The number of aliphatic hydroxyl groups excluding tert-OH is 8. The van der Waals surface area contributed by atoms with Gasteiger partial charge in [-0.15, -0.1) is 0 Å². The summed E-state index contributed by atoms with van der Waals surface area (Å²) in [6, 6.07) is 0. The second-order valence-corrected chi connectivity index (χ2v) is 12.0. The van der Waals surface area contributed by atoms with Crippen molar-refractivity contribution in [3.63, 3.8) is 0 Å². The normalized spacial score (nSPS) is 46.5. The number of carbonyl (C=O) groups excluding carboxylic acids is 1. The van der Waals surface area contributed by atoms with Crippen molar-refractivity contribution in [2.24, 2.45) is 29.6 Å². The Morgan fingerprint density at radius 2 is 1.35 bits per heavy atom. The van der Waals surface area contributed by atoms with Gasteiger partial charge in [0.2, 0.25) is 0 Å². The molecule has 0 radical (unpaired) electrons. The van der Waals surface area contributed by atoms with Crippen molar-refractivity contribution >= 4 is 5.97 Å². The van der Waals surface area contributed by atoms with Crippen molar-refractivity contribution in [2.75, 3.05) is 13.2 Å². The number of hydrogen-bond donors (Lipinski definition) is 8. The Morgan fingerprint density at radius 3 is 1.90 bits per heavy atom. The van der Waals surface area contributed by atoms with Crippen molar-refractivity contribution in [1.29, 1.82) is 0 Å². The molecule has 4 fully saturated rings. The van der Waals surface area contributed by atoms with Crippen LogP contribution in [0.25, 0.3) is 0 Å². The minimum Gasteiger partial charge on any atom is -0.463 e. The summed E-state index contributed by atoms with van der Waals surface area (Å²) >= 11 is 0. The molecule has 40 heavy (non-hydrogen) atoms. The molecule has 0 aromatic heterocycles. The fourth-order valence-electron chi connectivity index (χ4n) is 6.20. The lowest BCUT2D eigenvalue weighted by Gasteiger charge is -2.44. The number of esters is 1. The third-order valence-electron chi connectivity index (χ3n) is 9.19. The lowest BCUT2D eigenvalue weighted by Crippen LogP contribution is -2.63. The standard InChI is InChI=1S/C27H46O13/c1-3-11-5-12(11)6-13-7-14(13)8-16(29)15(4-2)25(36)37-10-18-20(31)22(33)24(35)27(39-18)40-26-23(34)21(32)19(30)17(9-28)38-26/h11-24,26-35H,3-10H2,1-2H3/t11-,12-,13-,14-,15-,16-,17?,18?,19?,20?,21?,22?,23?,24?,26?,27?/m1/s1. The zero-order chi connectivity index (χ0) is 29.3. The fourth-order valence-corrected chi connectivity index (χ4v) is 6.20. The van der Waals surface area contributed by atoms with Crippen LogP contribution >= 0.6 is 0 Å². The minimum atomic E-state index is -1.81. The molecule has 0 amide bonds. The molecule has 0 spiro atoms. The number of rotatable bonds is 13. The van der Waals surface area contributed by atoms with Gasteiger partial charge in [-0.2, -0.15) is 0 Å². The van der Waals surface area contributed by atoms with E-state index in [1.165, 1.54) is 19.3 Å². The molecule has 16 atom stereocenters. The Balaban J connectivity index is 1.28. The molecule has 8 N–H and O–H groups in total. The summed E-state index contributed by atoms with van der Waals surface area (Å²) in [6.45, 7) is 2.76. The van der Waals surface area contributed by atoms with E-state index in [1.54, 1.807) is 6.92 Å². The molecule has 4 aliphatic rings. The predicted molar refractivity (Wildman–Crippen MR) is 135 cm³/mol. The first-order valence-electron chi connectivity index (χ1n) is 14.5. The maximum atomic E-state index is 12.9. The summed E-state index contributed by atoms with van der Waals surface area (Å²) in [5.41, 5.74) is 0. The Bertz CT molecular complexity index is 828. The summed E-state index contributed by atoms with van der Waals surface area (Å²) in [4.78, 5) is 12.9. The van der Waals surface area contributed by atoms with Crippen LogP contribution in [-0.4, -0.2) is 128 Å². The molecule has 0 aromatic carbocycles. The van der Waals surface area contributed by atoms with Crippen LogP contribution < -0.4 is 0 Å². The van der Waals surface area contributed by atoms with Crippen molar-refractivity contribution in [3.8, 4) is 0 Å². The molecular formula is C27H46O13. The van der Waals surface area contributed by atoms with E-state index in [2.05, 4.69) is 6.92 Å². The van der Waals surface area contributed by atoms with E-state index < -0.39 is 92.6 Å². The Morgan fingerprint density at radius 1 is 0.800 bits per heavy atom. The second-order valence-electron chi connectivity index (χ2n) is 12.0. The summed E-state index contributed by atoms with van der Waals surface area (Å²) < 4.78 is 21.5. The largest absolute Gasteiger partial charge is 0.463 e. The Hall–Kier alpha value is -0.970. The Labute approximate surface area is 233 Å². The second kappa shape index (κ2) is 13.6. The molecule has 232 valence electrons. The monoisotopic (exact) mass is 578 g/mol. The highest BCUT2D eigenvalue weighted by molar-refractivity contribution is 5.73. The van der Waals surface area contributed by atoms with Gasteiger partial charge in [-0.3, -0.25) is 4.79 Å². The van der Waals surface area contributed by atoms with E-state index in [4.69, 9.17) is 18.9 Å². The van der Waals surface area contributed by atoms with E-state index >= 15 is 0 Å². The van der Waals surface area contributed by atoms with E-state index in [-0.39, 0.29) is 0 Å². The zero-order valence-electron chi connectivity index (χ0n) is 23.0. The maximum Gasteiger partial charge on any atom is 0.311 e. The number of carbonyl (C=O) groups is 1. The zero-order valence-corrected chi connectivity index (χ0v) is 23.0. The smallest absolute Gasteiger partial charge is 0.311 e. The van der Waals surface area contributed by atoms with E-state index in [0.29, 0.717) is 24.7 Å². The maximum absolute atomic E-state index is 12.9. The van der Waals surface area contributed by atoms with Crippen LogP contribution in [-0.2, 0) is 23.7 Å². The van der Waals surface area contributed by atoms with Gasteiger partial charge in [0.05, 0.1) is 18.6 Å². The fraction of sp³-hybridized carbons (Fsp3) is 0.963. The molecule has 10 unspecified atom stereocenters. The van der Waals surface area contributed by atoms with Gasteiger partial charge in [-0.1, -0.05) is 20.3 Å². The average Bonchev–Trinajstić information content (AvgIpc) is 3.86. The van der Waals surface area contributed by atoms with Gasteiger partial charge < -0.3 is 59.8 Å². The van der Waals surface area contributed by atoms with Gasteiger partial charge in [0.15, 0.2) is 12.6 Å². The topological polar surface area (TPSA) is 216 Å². The third kappa shape index (κ3) is 7.14. The Kier molecular flexibility index (Phi) is 10.8. The molecule has 2 saturated carbocycles. The third-order valence-corrected chi connectivity index (χ3v) is 9.19. The summed E-state index contributed by atoms with van der Waals surface area (Å²) in [7, 11) is 0. The summed E-state index contributed by atoms with van der Waals surface area (Å²) in [6.07, 6.45) is -11.7. The van der Waals surface area contributed by atoms with Crippen LogP contribution in [0.4, 0.5) is 0 Å². The van der Waals surface area contributed by atoms with Crippen molar-refractivity contribution in [1.82, 2.24) is 0 Å². The summed E-state index contributed by atoms with van der Waals surface area (Å²) in [5.74, 6) is 1.18. The number of hydrogen-bond acceptors (Lipinski definition) is 13. The molecule has 2 saturated heterocycles. The minimum absolute atomic E-state index is 0.343. The van der Waals surface area contributed by atoms with Gasteiger partial charge in [-0.25, -0.2) is 0 Å². The molecule has 4 rings (SSSR count). The van der Waals surface area contributed by atoms with Gasteiger partial charge in [0.25, 0.3) is 0 Å². The van der Waals surface area contributed by atoms with Crippen molar-refractivity contribution < 1.29 is 64.6 Å². The van der Waals surface area contributed by atoms with Crippen molar-refractivity contribution in [3.05, 3.63) is 0 Å². The first kappa shape index (κ1) is 32.0. The highest BCUT2D eigenvalue weighted by Crippen LogP contribution is 2.54. The average molecular weight is 579 g/mol. The van der Waals surface area contributed by atoms with Gasteiger partial charge >= 0.3 is 5.97 Å². The molecule has 2 aliphatic heterocycles. The molecular weight excluding hydrogens is 532 g/mol. The first-order valence-corrected chi connectivity index (χ1v) is 14.5. The van der Waals surface area contributed by atoms with E-state index in [9.17, 15) is 45.6 Å². The van der Waals surface area contributed by atoms with Crippen LogP contribution in [0.3, 0.4) is 0 Å². The van der Waals surface area contributed by atoms with E-state index in [1.807, 2.05) is 0 Å². The predicted octanol–water partition coefficient (Wildman–Crippen LogP) is -2.00. The van der Waals surface area contributed by atoms with Gasteiger partial charge in [0.1, 0.15) is 55.4 Å². The van der Waals surface area contributed by atoms with Crippen LogP contribution in [0.15, 0.2) is 0 Å².